The van der Waals surface area contributed by atoms with Crippen LogP contribution in [0.4, 0.5) is 0 Å². The van der Waals surface area contributed by atoms with Gasteiger partial charge in [-0.1, -0.05) is 26.2 Å². The number of furan rings is 1. The molecular formula is C15H25NO2. The van der Waals surface area contributed by atoms with Crippen LogP contribution < -0.4 is 5.32 Å². The van der Waals surface area contributed by atoms with Crippen LogP contribution in [0.25, 0.3) is 0 Å². The van der Waals surface area contributed by atoms with Gasteiger partial charge in [-0.15, -0.1) is 0 Å². The summed E-state index contributed by atoms with van der Waals surface area (Å²) < 4.78 is 11.6. The van der Waals surface area contributed by atoms with Crippen molar-refractivity contribution < 1.29 is 9.15 Å². The molecule has 1 saturated carbocycles. The van der Waals surface area contributed by atoms with Gasteiger partial charge >= 0.3 is 0 Å². The Balaban J connectivity index is 1.81. The van der Waals surface area contributed by atoms with E-state index in [4.69, 9.17) is 9.15 Å². The van der Waals surface area contributed by atoms with E-state index >= 15 is 0 Å². The quantitative estimate of drug-likeness (QED) is 0.840. The predicted molar refractivity (Wildman–Crippen MR) is 72.3 cm³/mol. The molecule has 3 nitrogen and oxygen atoms in total. The van der Waals surface area contributed by atoms with Crippen LogP contribution in [0.2, 0.25) is 0 Å². The van der Waals surface area contributed by atoms with Gasteiger partial charge in [0.1, 0.15) is 12.4 Å². The summed E-state index contributed by atoms with van der Waals surface area (Å²) in [5.41, 5.74) is 1.19. The first-order chi connectivity index (χ1) is 8.83. The standard InChI is InChI=1S/C15H25NO2/c1-3-13-6-4-5-7-15(13)18-11-14-8-12(9-16-2)10-17-14/h8,10,13,15-16H,3-7,9,11H2,1-2H3. The van der Waals surface area contributed by atoms with Crippen molar-refractivity contribution in [2.75, 3.05) is 7.05 Å². The molecule has 0 amide bonds. The Bertz CT molecular complexity index is 348. The molecule has 0 radical (unpaired) electrons. The lowest BCUT2D eigenvalue weighted by Gasteiger charge is -2.30. The van der Waals surface area contributed by atoms with E-state index in [0.717, 1.165) is 18.2 Å². The smallest absolute Gasteiger partial charge is 0.129 e. The molecule has 2 atom stereocenters. The van der Waals surface area contributed by atoms with Crippen molar-refractivity contribution in [3.63, 3.8) is 0 Å². The molecule has 0 spiro atoms. The number of ether oxygens (including phenoxy) is 1. The van der Waals surface area contributed by atoms with Crippen LogP contribution in [0, 0.1) is 5.92 Å². The molecule has 0 aliphatic heterocycles. The van der Waals surface area contributed by atoms with Crippen LogP contribution in [0.3, 0.4) is 0 Å². The minimum Gasteiger partial charge on any atom is -0.467 e. The van der Waals surface area contributed by atoms with Gasteiger partial charge in [-0.25, -0.2) is 0 Å². The monoisotopic (exact) mass is 251 g/mol. The van der Waals surface area contributed by atoms with Crippen LogP contribution in [0.1, 0.15) is 50.4 Å². The van der Waals surface area contributed by atoms with Gasteiger partial charge in [0, 0.05) is 12.1 Å². The molecule has 1 aromatic heterocycles. The maximum Gasteiger partial charge on any atom is 0.129 e. The topological polar surface area (TPSA) is 34.4 Å². The molecule has 2 unspecified atom stereocenters. The summed E-state index contributed by atoms with van der Waals surface area (Å²) in [6.45, 7) is 3.74. The lowest BCUT2D eigenvalue weighted by Crippen LogP contribution is -2.27. The second-order valence-electron chi connectivity index (χ2n) is 5.25. The van der Waals surface area contributed by atoms with Gasteiger partial charge < -0.3 is 14.5 Å². The summed E-state index contributed by atoms with van der Waals surface area (Å²) in [5, 5.41) is 3.12. The van der Waals surface area contributed by atoms with Gasteiger partial charge in [0.05, 0.1) is 12.4 Å². The minimum absolute atomic E-state index is 0.432. The van der Waals surface area contributed by atoms with Crippen molar-refractivity contribution in [1.29, 1.82) is 0 Å². The Labute approximate surface area is 110 Å². The average Bonchev–Trinajstić information content (AvgIpc) is 2.85. The molecule has 102 valence electrons. The summed E-state index contributed by atoms with van der Waals surface area (Å²) >= 11 is 0. The highest BCUT2D eigenvalue weighted by atomic mass is 16.5. The molecule has 0 aromatic carbocycles. The molecule has 2 rings (SSSR count). The van der Waals surface area contributed by atoms with Gasteiger partial charge in [0.15, 0.2) is 0 Å². The van der Waals surface area contributed by atoms with Gasteiger partial charge in [-0.3, -0.25) is 0 Å². The molecule has 0 bridgehead atoms. The van der Waals surface area contributed by atoms with Crippen molar-refractivity contribution in [1.82, 2.24) is 5.32 Å². The highest BCUT2D eigenvalue weighted by Crippen LogP contribution is 2.29. The molecule has 1 aliphatic carbocycles. The third kappa shape index (κ3) is 3.59. The average molecular weight is 251 g/mol. The van der Waals surface area contributed by atoms with E-state index in [1.807, 2.05) is 13.3 Å². The van der Waals surface area contributed by atoms with Gasteiger partial charge in [-0.05, 0) is 31.9 Å². The van der Waals surface area contributed by atoms with Gasteiger partial charge in [0.2, 0.25) is 0 Å². The van der Waals surface area contributed by atoms with Gasteiger partial charge in [-0.2, -0.15) is 0 Å². The van der Waals surface area contributed by atoms with Crippen LogP contribution >= 0.6 is 0 Å². The molecule has 1 aromatic rings. The Kier molecular flexibility index (Phi) is 5.26. The van der Waals surface area contributed by atoms with E-state index in [9.17, 15) is 0 Å². The molecule has 0 saturated heterocycles. The number of nitrogens with one attached hydrogen (secondary N) is 1. The van der Waals surface area contributed by atoms with E-state index in [1.54, 1.807) is 0 Å². The van der Waals surface area contributed by atoms with E-state index < -0.39 is 0 Å². The fourth-order valence-corrected chi connectivity index (χ4v) is 2.85. The van der Waals surface area contributed by atoms with Crippen molar-refractivity contribution in [3.8, 4) is 0 Å². The first-order valence-corrected chi connectivity index (χ1v) is 7.16. The summed E-state index contributed by atoms with van der Waals surface area (Å²) in [7, 11) is 1.94. The van der Waals surface area contributed by atoms with Crippen molar-refractivity contribution in [2.24, 2.45) is 5.92 Å². The van der Waals surface area contributed by atoms with Crippen LogP contribution in [-0.2, 0) is 17.9 Å². The maximum atomic E-state index is 6.05. The zero-order valence-electron chi connectivity index (χ0n) is 11.6. The number of hydrogen-bond acceptors (Lipinski definition) is 3. The van der Waals surface area contributed by atoms with Crippen molar-refractivity contribution in [2.45, 2.75) is 58.3 Å². The molecular weight excluding hydrogens is 226 g/mol. The van der Waals surface area contributed by atoms with Crippen molar-refractivity contribution >= 4 is 0 Å². The molecule has 3 heteroatoms. The fraction of sp³-hybridized carbons (Fsp3) is 0.733. The largest absolute Gasteiger partial charge is 0.467 e. The Morgan fingerprint density at radius 3 is 3.00 bits per heavy atom. The zero-order chi connectivity index (χ0) is 12.8. The number of rotatable bonds is 6. The maximum absolute atomic E-state index is 6.05. The predicted octanol–water partition coefficient (Wildman–Crippen LogP) is 3.48. The molecule has 1 heterocycles. The summed E-state index contributed by atoms with van der Waals surface area (Å²) in [6.07, 6.45) is 8.69. The highest BCUT2D eigenvalue weighted by Gasteiger charge is 2.24. The minimum atomic E-state index is 0.432. The van der Waals surface area contributed by atoms with E-state index in [-0.39, 0.29) is 0 Å². The SMILES string of the molecule is CCC1CCCCC1OCc1cc(CNC)co1. The molecule has 18 heavy (non-hydrogen) atoms. The third-order valence-corrected chi connectivity index (χ3v) is 3.89. The highest BCUT2D eigenvalue weighted by molar-refractivity contribution is 5.11. The van der Waals surface area contributed by atoms with E-state index in [2.05, 4.69) is 18.3 Å². The number of hydrogen-bond donors (Lipinski definition) is 1. The summed E-state index contributed by atoms with van der Waals surface area (Å²) in [5.74, 6) is 1.69. The summed E-state index contributed by atoms with van der Waals surface area (Å²) in [4.78, 5) is 0. The molecule has 1 fully saturated rings. The third-order valence-electron chi connectivity index (χ3n) is 3.89. The van der Waals surface area contributed by atoms with Crippen molar-refractivity contribution in [3.05, 3.63) is 23.7 Å². The van der Waals surface area contributed by atoms with E-state index in [0.29, 0.717) is 12.7 Å². The Morgan fingerprint density at radius 2 is 2.22 bits per heavy atom. The first kappa shape index (κ1) is 13.6. The Hall–Kier alpha value is -0.800. The van der Waals surface area contributed by atoms with Gasteiger partial charge in [0.25, 0.3) is 0 Å². The zero-order valence-corrected chi connectivity index (χ0v) is 11.6. The van der Waals surface area contributed by atoms with Crippen LogP contribution in [0.15, 0.2) is 16.7 Å². The van der Waals surface area contributed by atoms with Crippen LogP contribution in [-0.4, -0.2) is 13.2 Å². The van der Waals surface area contributed by atoms with Crippen LogP contribution in [0.5, 0.6) is 0 Å². The Morgan fingerprint density at radius 1 is 1.39 bits per heavy atom. The van der Waals surface area contributed by atoms with E-state index in [1.165, 1.54) is 37.7 Å². The fourth-order valence-electron chi connectivity index (χ4n) is 2.85. The molecule has 1 aliphatic rings. The first-order valence-electron chi connectivity index (χ1n) is 7.16. The lowest BCUT2D eigenvalue weighted by molar-refractivity contribution is -0.0283. The second-order valence-corrected chi connectivity index (χ2v) is 5.25. The molecule has 1 N–H and O–H groups in total. The normalized spacial score (nSPS) is 24.3. The summed E-state index contributed by atoms with van der Waals surface area (Å²) in [6, 6.07) is 2.08. The second kappa shape index (κ2) is 6.95. The lowest BCUT2D eigenvalue weighted by atomic mass is 9.85.